The fraction of sp³-hybridized carbons (Fsp3) is 0.167. The van der Waals surface area contributed by atoms with Crippen molar-refractivity contribution in [2.24, 2.45) is 4.99 Å². The van der Waals surface area contributed by atoms with E-state index in [4.69, 9.17) is 5.11 Å². The third-order valence-electron chi connectivity index (χ3n) is 1.01. The molecular formula is C6H4N2O3S. The first-order valence-corrected chi connectivity index (χ1v) is 3.84. The number of carboxylic acid groups (broad SMARTS) is 1. The normalized spacial score (nSPS) is 9.00. The molecule has 0 spiro atoms. The number of hydrogen-bond donors (Lipinski definition) is 1. The van der Waals surface area contributed by atoms with Crippen molar-refractivity contribution in [2.45, 2.75) is 6.42 Å². The molecule has 1 N–H and O–H groups in total. The molecule has 0 bridgehead atoms. The molecule has 0 radical (unpaired) electrons. The number of isocyanates is 1. The molecule has 0 amide bonds. The molecule has 1 heterocycles. The number of aliphatic imine (C=N–C) groups is 1. The molecular weight excluding hydrogens is 180 g/mol. The van der Waals surface area contributed by atoms with E-state index in [-0.39, 0.29) is 11.6 Å². The number of rotatable bonds is 3. The lowest BCUT2D eigenvalue weighted by atomic mass is 10.3. The highest BCUT2D eigenvalue weighted by molar-refractivity contribution is 7.13. The Labute approximate surface area is 71.4 Å². The van der Waals surface area contributed by atoms with E-state index in [0.29, 0.717) is 5.69 Å². The van der Waals surface area contributed by atoms with Gasteiger partial charge in [-0.1, -0.05) is 0 Å². The molecule has 0 aliphatic rings. The topological polar surface area (TPSA) is 79.6 Å². The zero-order valence-electron chi connectivity index (χ0n) is 5.85. The van der Waals surface area contributed by atoms with Crippen LogP contribution in [0.1, 0.15) is 5.69 Å². The van der Waals surface area contributed by atoms with E-state index in [0.717, 1.165) is 11.3 Å². The maximum absolute atomic E-state index is 10.2. The Morgan fingerprint density at radius 1 is 1.83 bits per heavy atom. The van der Waals surface area contributed by atoms with Crippen LogP contribution in [0.15, 0.2) is 10.4 Å². The van der Waals surface area contributed by atoms with Crippen LogP contribution in [0, 0.1) is 0 Å². The molecule has 0 fully saturated rings. The minimum Gasteiger partial charge on any atom is -0.481 e. The summed E-state index contributed by atoms with van der Waals surface area (Å²) in [5.74, 6) is -0.957. The molecule has 0 aliphatic heterocycles. The Morgan fingerprint density at radius 3 is 3.17 bits per heavy atom. The van der Waals surface area contributed by atoms with Gasteiger partial charge in [0.05, 0.1) is 12.1 Å². The Kier molecular flexibility index (Phi) is 2.68. The predicted octanol–water partition coefficient (Wildman–Crippen LogP) is 0.738. The van der Waals surface area contributed by atoms with Crippen LogP contribution in [0.3, 0.4) is 0 Å². The number of nitrogens with zero attached hydrogens (tertiary/aromatic N) is 2. The number of thiazole rings is 1. The minimum absolute atomic E-state index is 0.148. The van der Waals surface area contributed by atoms with Crippen molar-refractivity contribution in [1.82, 2.24) is 4.98 Å². The molecule has 12 heavy (non-hydrogen) atoms. The lowest BCUT2D eigenvalue weighted by molar-refractivity contribution is -0.136. The summed E-state index contributed by atoms with van der Waals surface area (Å²) in [6.07, 6.45) is 1.18. The van der Waals surface area contributed by atoms with Crippen molar-refractivity contribution < 1.29 is 14.7 Å². The van der Waals surface area contributed by atoms with Crippen LogP contribution >= 0.6 is 11.3 Å². The van der Waals surface area contributed by atoms with Gasteiger partial charge in [-0.3, -0.25) is 4.79 Å². The molecule has 0 unspecified atom stereocenters. The highest BCUT2D eigenvalue weighted by Crippen LogP contribution is 2.17. The molecule has 0 saturated heterocycles. The van der Waals surface area contributed by atoms with Gasteiger partial charge in [0.1, 0.15) is 0 Å². The van der Waals surface area contributed by atoms with Crippen LogP contribution in [-0.4, -0.2) is 22.1 Å². The maximum atomic E-state index is 10.2. The van der Waals surface area contributed by atoms with E-state index < -0.39 is 5.97 Å². The van der Waals surface area contributed by atoms with E-state index in [1.165, 1.54) is 6.08 Å². The van der Waals surface area contributed by atoms with E-state index in [1.807, 2.05) is 0 Å². The molecule has 5 nitrogen and oxygen atoms in total. The summed E-state index contributed by atoms with van der Waals surface area (Å²) in [5, 5.41) is 10.1. The van der Waals surface area contributed by atoms with Gasteiger partial charge >= 0.3 is 5.97 Å². The maximum Gasteiger partial charge on any atom is 0.309 e. The third kappa shape index (κ3) is 2.26. The quantitative estimate of drug-likeness (QED) is 0.555. The van der Waals surface area contributed by atoms with E-state index >= 15 is 0 Å². The highest BCUT2D eigenvalue weighted by atomic mass is 32.1. The third-order valence-corrected chi connectivity index (χ3v) is 1.80. The Morgan fingerprint density at radius 2 is 2.58 bits per heavy atom. The van der Waals surface area contributed by atoms with Gasteiger partial charge < -0.3 is 5.11 Å². The highest BCUT2D eigenvalue weighted by Gasteiger charge is 2.04. The van der Waals surface area contributed by atoms with Crippen LogP contribution < -0.4 is 0 Å². The molecule has 1 aromatic rings. The molecule has 0 saturated carbocycles. The van der Waals surface area contributed by atoms with E-state index in [1.54, 1.807) is 5.38 Å². The monoisotopic (exact) mass is 184 g/mol. The fourth-order valence-corrected chi connectivity index (χ4v) is 1.26. The van der Waals surface area contributed by atoms with Gasteiger partial charge in [-0.15, -0.1) is 16.3 Å². The van der Waals surface area contributed by atoms with Crippen molar-refractivity contribution in [3.8, 4) is 0 Å². The number of aliphatic carboxylic acids is 1. The molecule has 0 aliphatic carbocycles. The van der Waals surface area contributed by atoms with Crippen molar-refractivity contribution in [2.75, 3.05) is 0 Å². The van der Waals surface area contributed by atoms with Crippen molar-refractivity contribution >= 4 is 28.5 Å². The Balaban J connectivity index is 2.77. The molecule has 62 valence electrons. The van der Waals surface area contributed by atoms with E-state index in [2.05, 4.69) is 9.98 Å². The lowest BCUT2D eigenvalue weighted by Crippen LogP contribution is -1.99. The molecule has 0 aromatic carbocycles. The van der Waals surface area contributed by atoms with Gasteiger partial charge in [0.2, 0.25) is 11.2 Å². The van der Waals surface area contributed by atoms with Gasteiger partial charge in [0.15, 0.2) is 0 Å². The van der Waals surface area contributed by atoms with Crippen LogP contribution in [0.4, 0.5) is 5.13 Å². The number of carbonyl (C=O) groups is 1. The van der Waals surface area contributed by atoms with Gasteiger partial charge in [0, 0.05) is 5.38 Å². The first-order chi connectivity index (χ1) is 5.72. The zero-order valence-corrected chi connectivity index (χ0v) is 6.67. The first kappa shape index (κ1) is 8.58. The second-order valence-corrected chi connectivity index (χ2v) is 2.73. The van der Waals surface area contributed by atoms with Gasteiger partial charge in [0.25, 0.3) is 0 Å². The van der Waals surface area contributed by atoms with Gasteiger partial charge in [-0.2, -0.15) is 0 Å². The zero-order chi connectivity index (χ0) is 8.97. The summed E-state index contributed by atoms with van der Waals surface area (Å²) in [4.78, 5) is 26.9. The summed E-state index contributed by atoms with van der Waals surface area (Å²) in [6.45, 7) is 0. The first-order valence-electron chi connectivity index (χ1n) is 2.96. The standard InChI is InChI=1S/C6H4N2O3S/c9-3-7-6-8-4(2-12-6)1-5(10)11/h2H,1H2,(H,10,11). The number of hydrogen-bond acceptors (Lipinski definition) is 5. The van der Waals surface area contributed by atoms with E-state index in [9.17, 15) is 9.59 Å². The summed E-state index contributed by atoms with van der Waals surface area (Å²) >= 11 is 1.11. The Hall–Kier alpha value is -1.52. The number of carbonyl (C=O) groups excluding carboxylic acids is 1. The van der Waals surface area contributed by atoms with Crippen LogP contribution in [0.25, 0.3) is 0 Å². The van der Waals surface area contributed by atoms with Crippen LogP contribution in [-0.2, 0) is 16.0 Å². The average Bonchev–Trinajstić information content (AvgIpc) is 2.36. The largest absolute Gasteiger partial charge is 0.481 e. The summed E-state index contributed by atoms with van der Waals surface area (Å²) in [6, 6.07) is 0. The molecule has 1 rings (SSSR count). The molecule has 0 atom stereocenters. The SMILES string of the molecule is O=C=Nc1nc(CC(=O)O)cs1. The molecule has 6 heteroatoms. The Bertz CT molecular complexity index is 340. The number of aromatic nitrogens is 1. The lowest BCUT2D eigenvalue weighted by Gasteiger charge is -1.85. The average molecular weight is 184 g/mol. The second-order valence-electron chi connectivity index (χ2n) is 1.90. The van der Waals surface area contributed by atoms with Crippen molar-refractivity contribution in [3.05, 3.63) is 11.1 Å². The summed E-state index contributed by atoms with van der Waals surface area (Å²) in [7, 11) is 0. The van der Waals surface area contributed by atoms with Crippen molar-refractivity contribution in [1.29, 1.82) is 0 Å². The fourth-order valence-electron chi connectivity index (χ4n) is 0.623. The smallest absolute Gasteiger partial charge is 0.309 e. The molecule has 1 aromatic heterocycles. The summed E-state index contributed by atoms with van der Waals surface area (Å²) < 4.78 is 0. The predicted molar refractivity (Wildman–Crippen MR) is 41.2 cm³/mol. The van der Waals surface area contributed by atoms with Gasteiger partial charge in [-0.25, -0.2) is 9.78 Å². The number of carboxylic acids is 1. The van der Waals surface area contributed by atoms with Gasteiger partial charge in [-0.05, 0) is 0 Å². The minimum atomic E-state index is -0.957. The summed E-state index contributed by atoms with van der Waals surface area (Å²) in [5.41, 5.74) is 0.404. The second kappa shape index (κ2) is 3.75. The van der Waals surface area contributed by atoms with Crippen molar-refractivity contribution in [3.63, 3.8) is 0 Å². The van der Waals surface area contributed by atoms with Crippen LogP contribution in [0.5, 0.6) is 0 Å². The van der Waals surface area contributed by atoms with Crippen LogP contribution in [0.2, 0.25) is 0 Å².